The third-order valence-corrected chi connectivity index (χ3v) is 4.17. The quantitative estimate of drug-likeness (QED) is 0.866. The highest BCUT2D eigenvalue weighted by Crippen LogP contribution is 2.31. The van der Waals surface area contributed by atoms with Crippen LogP contribution in [0.5, 0.6) is 0 Å². The zero-order valence-electron chi connectivity index (χ0n) is 11.4. The van der Waals surface area contributed by atoms with Crippen molar-refractivity contribution in [3.05, 3.63) is 23.8 Å². The highest BCUT2D eigenvalue weighted by Gasteiger charge is 2.28. The van der Waals surface area contributed by atoms with Crippen molar-refractivity contribution in [2.24, 2.45) is 0 Å². The number of hydrogen-bond acceptors (Lipinski definition) is 3. The maximum atomic E-state index is 12.1. The van der Waals surface area contributed by atoms with Crippen LogP contribution in [0.3, 0.4) is 0 Å². The highest BCUT2D eigenvalue weighted by molar-refractivity contribution is 6.01. The minimum absolute atomic E-state index is 0.237. The van der Waals surface area contributed by atoms with Crippen LogP contribution < -0.4 is 15.5 Å². The van der Waals surface area contributed by atoms with Gasteiger partial charge in [0.05, 0.1) is 6.42 Å². The lowest BCUT2D eigenvalue weighted by Crippen LogP contribution is -2.32. The van der Waals surface area contributed by atoms with Crippen molar-refractivity contribution in [2.45, 2.75) is 31.7 Å². The van der Waals surface area contributed by atoms with Crippen LogP contribution in [-0.4, -0.2) is 32.1 Å². The average Bonchev–Trinajstić information content (AvgIpc) is 3.02. The summed E-state index contributed by atoms with van der Waals surface area (Å²) >= 11 is 0. The molecule has 4 nitrogen and oxygen atoms in total. The van der Waals surface area contributed by atoms with Crippen LogP contribution in [0.1, 0.15) is 24.8 Å². The standard InChI is InChI=1S/C15H21N3O/c1-16-13-4-5-14-11(9-13)10-15(19)18(14)8-6-12-3-2-7-17-12/h4-5,9,12,16-17H,2-3,6-8,10H2,1H3. The molecule has 0 aromatic heterocycles. The molecule has 1 saturated heterocycles. The van der Waals surface area contributed by atoms with Crippen molar-refractivity contribution >= 4 is 17.3 Å². The molecule has 102 valence electrons. The zero-order valence-corrected chi connectivity index (χ0v) is 11.4. The van der Waals surface area contributed by atoms with E-state index in [9.17, 15) is 4.79 Å². The van der Waals surface area contributed by atoms with Gasteiger partial charge >= 0.3 is 0 Å². The third-order valence-electron chi connectivity index (χ3n) is 4.17. The molecular formula is C15H21N3O. The number of hydrogen-bond donors (Lipinski definition) is 2. The minimum atomic E-state index is 0.237. The van der Waals surface area contributed by atoms with Crippen LogP contribution >= 0.6 is 0 Å². The van der Waals surface area contributed by atoms with Gasteiger partial charge in [-0.2, -0.15) is 0 Å². The van der Waals surface area contributed by atoms with Gasteiger partial charge < -0.3 is 15.5 Å². The Morgan fingerprint density at radius 1 is 1.47 bits per heavy atom. The van der Waals surface area contributed by atoms with Crippen molar-refractivity contribution in [1.29, 1.82) is 0 Å². The van der Waals surface area contributed by atoms with Crippen molar-refractivity contribution in [2.75, 3.05) is 30.4 Å². The smallest absolute Gasteiger partial charge is 0.231 e. The lowest BCUT2D eigenvalue weighted by Gasteiger charge is -2.20. The van der Waals surface area contributed by atoms with Gasteiger partial charge in [0.25, 0.3) is 0 Å². The van der Waals surface area contributed by atoms with E-state index in [0.717, 1.165) is 36.4 Å². The van der Waals surface area contributed by atoms with Crippen LogP contribution in [0, 0.1) is 0 Å². The number of carbonyl (C=O) groups excluding carboxylic acids is 1. The number of anilines is 2. The summed E-state index contributed by atoms with van der Waals surface area (Å²) in [6.07, 6.45) is 4.11. The molecule has 0 radical (unpaired) electrons. The van der Waals surface area contributed by atoms with E-state index in [1.807, 2.05) is 18.0 Å². The fourth-order valence-electron chi connectivity index (χ4n) is 3.07. The minimum Gasteiger partial charge on any atom is -0.388 e. The average molecular weight is 259 g/mol. The fourth-order valence-corrected chi connectivity index (χ4v) is 3.07. The molecule has 19 heavy (non-hydrogen) atoms. The molecule has 1 aromatic carbocycles. The van der Waals surface area contributed by atoms with Gasteiger partial charge in [0.2, 0.25) is 5.91 Å². The zero-order chi connectivity index (χ0) is 13.2. The molecule has 3 rings (SSSR count). The van der Waals surface area contributed by atoms with Gasteiger partial charge in [-0.3, -0.25) is 4.79 Å². The Labute approximate surface area is 114 Å². The molecule has 0 aliphatic carbocycles. The number of fused-ring (bicyclic) bond motifs is 1. The molecule has 2 aliphatic rings. The van der Waals surface area contributed by atoms with Gasteiger partial charge in [-0.25, -0.2) is 0 Å². The third kappa shape index (κ3) is 2.45. The van der Waals surface area contributed by atoms with Crippen LogP contribution in [-0.2, 0) is 11.2 Å². The topological polar surface area (TPSA) is 44.4 Å². The summed E-state index contributed by atoms with van der Waals surface area (Å²) in [4.78, 5) is 14.1. The Bertz CT molecular complexity index is 480. The molecule has 0 bridgehead atoms. The molecule has 1 unspecified atom stereocenters. The summed E-state index contributed by atoms with van der Waals surface area (Å²) in [7, 11) is 1.90. The Balaban J connectivity index is 1.71. The van der Waals surface area contributed by atoms with E-state index in [0.29, 0.717) is 12.5 Å². The summed E-state index contributed by atoms with van der Waals surface area (Å²) in [5.41, 5.74) is 3.32. The van der Waals surface area contributed by atoms with Crippen LogP contribution in [0.25, 0.3) is 0 Å². The van der Waals surface area contributed by atoms with Gasteiger partial charge in [0, 0.05) is 31.0 Å². The summed E-state index contributed by atoms with van der Waals surface area (Å²) in [6, 6.07) is 6.78. The van der Waals surface area contributed by atoms with Crippen molar-refractivity contribution in [3.8, 4) is 0 Å². The van der Waals surface area contributed by atoms with Crippen LogP contribution in [0.15, 0.2) is 18.2 Å². The first-order valence-corrected chi connectivity index (χ1v) is 7.12. The normalized spacial score (nSPS) is 21.8. The number of amides is 1. The van der Waals surface area contributed by atoms with Gasteiger partial charge in [0.1, 0.15) is 0 Å². The monoisotopic (exact) mass is 259 g/mol. The van der Waals surface area contributed by atoms with Gasteiger partial charge in [-0.1, -0.05) is 0 Å². The lowest BCUT2D eigenvalue weighted by molar-refractivity contribution is -0.117. The van der Waals surface area contributed by atoms with Crippen molar-refractivity contribution in [3.63, 3.8) is 0 Å². The first kappa shape index (κ1) is 12.5. The molecule has 1 aromatic rings. The summed E-state index contributed by atoms with van der Waals surface area (Å²) in [6.45, 7) is 1.96. The van der Waals surface area contributed by atoms with Crippen molar-refractivity contribution < 1.29 is 4.79 Å². The molecular weight excluding hydrogens is 238 g/mol. The van der Waals surface area contributed by atoms with E-state index in [-0.39, 0.29) is 5.91 Å². The number of rotatable bonds is 4. The molecule has 2 heterocycles. The predicted octanol–water partition coefficient (Wildman–Crippen LogP) is 1.76. The number of nitrogens with zero attached hydrogens (tertiary/aromatic N) is 1. The van der Waals surface area contributed by atoms with Crippen molar-refractivity contribution in [1.82, 2.24) is 5.32 Å². The van der Waals surface area contributed by atoms with E-state index >= 15 is 0 Å². The number of carbonyl (C=O) groups is 1. The van der Waals surface area contributed by atoms with Gasteiger partial charge in [0.15, 0.2) is 0 Å². The maximum absolute atomic E-state index is 12.1. The SMILES string of the molecule is CNc1ccc2c(c1)CC(=O)N2CCC1CCCN1. The van der Waals surface area contributed by atoms with E-state index in [1.165, 1.54) is 12.8 Å². The predicted molar refractivity (Wildman–Crippen MR) is 77.7 cm³/mol. The maximum Gasteiger partial charge on any atom is 0.231 e. The number of nitrogens with one attached hydrogen (secondary N) is 2. The second-order valence-electron chi connectivity index (χ2n) is 5.40. The molecule has 2 aliphatic heterocycles. The fraction of sp³-hybridized carbons (Fsp3) is 0.533. The van der Waals surface area contributed by atoms with Crippen LogP contribution in [0.4, 0.5) is 11.4 Å². The largest absolute Gasteiger partial charge is 0.388 e. The van der Waals surface area contributed by atoms with E-state index < -0.39 is 0 Å². The van der Waals surface area contributed by atoms with E-state index in [1.54, 1.807) is 0 Å². The molecule has 2 N–H and O–H groups in total. The Morgan fingerprint density at radius 3 is 3.11 bits per heavy atom. The molecule has 1 fully saturated rings. The molecule has 1 atom stereocenters. The first-order valence-electron chi connectivity index (χ1n) is 7.12. The Hall–Kier alpha value is -1.55. The van der Waals surface area contributed by atoms with E-state index in [2.05, 4.69) is 22.8 Å². The summed E-state index contributed by atoms with van der Waals surface area (Å²) < 4.78 is 0. The summed E-state index contributed by atoms with van der Waals surface area (Å²) in [5, 5.41) is 6.61. The molecule has 0 spiro atoms. The second-order valence-corrected chi connectivity index (χ2v) is 5.40. The van der Waals surface area contributed by atoms with E-state index in [4.69, 9.17) is 0 Å². The highest BCUT2D eigenvalue weighted by atomic mass is 16.2. The van der Waals surface area contributed by atoms with Gasteiger partial charge in [-0.05, 0) is 49.6 Å². The Kier molecular flexibility index (Phi) is 3.42. The lowest BCUT2D eigenvalue weighted by atomic mass is 10.1. The summed E-state index contributed by atoms with van der Waals surface area (Å²) in [5.74, 6) is 0.237. The van der Waals surface area contributed by atoms with Crippen LogP contribution in [0.2, 0.25) is 0 Å². The molecule has 0 saturated carbocycles. The van der Waals surface area contributed by atoms with Gasteiger partial charge in [-0.15, -0.1) is 0 Å². The Morgan fingerprint density at radius 2 is 2.37 bits per heavy atom. The second kappa shape index (κ2) is 5.21. The number of benzene rings is 1. The molecule has 1 amide bonds. The molecule has 4 heteroatoms. The first-order chi connectivity index (χ1) is 9.28.